The van der Waals surface area contributed by atoms with Crippen LogP contribution < -0.4 is 0 Å². The molecule has 0 fully saturated rings. The highest BCUT2D eigenvalue weighted by Crippen LogP contribution is 2.10. The molecule has 4 heteroatoms. The topological polar surface area (TPSA) is 26.8 Å². The average molecular weight is 448 g/mol. The molecule has 0 aromatic rings. The minimum Gasteiger partial charge on any atom is -0.343 e. The molecule has 0 aromatic carbocycles. The molecular weight excluding hydrogens is 394 g/mol. The molecule has 0 radical (unpaired) electrons. The summed E-state index contributed by atoms with van der Waals surface area (Å²) in [5.74, 6) is 0.351. The van der Waals surface area contributed by atoms with Gasteiger partial charge in [0.05, 0.1) is 0 Å². The Morgan fingerprint density at radius 1 is 0.594 bits per heavy atom. The number of hydrogen-bond acceptors (Lipinski definition) is 3. The quantitative estimate of drug-likeness (QED) is 0.152. The summed E-state index contributed by atoms with van der Waals surface area (Å²) in [6.07, 6.45) is 26.7. The molecule has 0 saturated heterocycles. The number of carbonyl (C=O) groups is 1. The molecule has 0 N–H and O–H groups in total. The van der Waals surface area contributed by atoms with E-state index in [1.54, 1.807) is 0 Å². The molecule has 0 aromatic heterocycles. The molecule has 1 amide bonds. The summed E-state index contributed by atoms with van der Waals surface area (Å²) in [7, 11) is 8.38. The van der Waals surface area contributed by atoms with Crippen molar-refractivity contribution in [3.05, 3.63) is 36.5 Å². The number of allylic oxidation sites excluding steroid dienone is 6. The zero-order chi connectivity index (χ0) is 23.9. The van der Waals surface area contributed by atoms with Crippen LogP contribution in [-0.2, 0) is 4.79 Å². The summed E-state index contributed by atoms with van der Waals surface area (Å²) in [6, 6.07) is 0. The van der Waals surface area contributed by atoms with E-state index in [2.05, 4.69) is 86.3 Å². The van der Waals surface area contributed by atoms with E-state index in [4.69, 9.17) is 0 Å². The summed E-state index contributed by atoms with van der Waals surface area (Å²) in [5, 5.41) is 0. The maximum Gasteiger partial charge on any atom is 0.222 e. The maximum atomic E-state index is 12.7. The van der Waals surface area contributed by atoms with Crippen LogP contribution in [0, 0.1) is 0 Å². The van der Waals surface area contributed by atoms with Crippen molar-refractivity contribution in [1.82, 2.24) is 14.7 Å². The van der Waals surface area contributed by atoms with Gasteiger partial charge in [0.2, 0.25) is 5.91 Å². The van der Waals surface area contributed by atoms with Crippen LogP contribution >= 0.6 is 0 Å². The van der Waals surface area contributed by atoms with E-state index in [1.807, 2.05) is 0 Å². The highest BCUT2D eigenvalue weighted by molar-refractivity contribution is 5.76. The standard InChI is InChI=1S/C28H53N3O/c1-6-7-8-9-10-11-12-13-14-15-16-17-18-19-20-23-28(32)31(26-21-24-29(2)3)27-22-25-30(4)5/h7-8,10-11,13-14H,6,9,12,15-27H2,1-5H3/b8-7-,11-10-,14-13-. The summed E-state index contributed by atoms with van der Waals surface area (Å²) in [4.78, 5) is 19.2. The van der Waals surface area contributed by atoms with Gasteiger partial charge in [0.1, 0.15) is 0 Å². The van der Waals surface area contributed by atoms with Crippen LogP contribution in [0.25, 0.3) is 0 Å². The molecule has 186 valence electrons. The highest BCUT2D eigenvalue weighted by atomic mass is 16.2. The van der Waals surface area contributed by atoms with Crippen LogP contribution in [0.1, 0.15) is 84.0 Å². The Balaban J connectivity index is 3.86. The second kappa shape index (κ2) is 22.8. The lowest BCUT2D eigenvalue weighted by Gasteiger charge is -2.24. The second-order valence-corrected chi connectivity index (χ2v) is 9.29. The van der Waals surface area contributed by atoms with Gasteiger partial charge < -0.3 is 14.7 Å². The molecule has 0 unspecified atom stereocenters. The predicted octanol–water partition coefficient (Wildman–Crippen LogP) is 6.31. The van der Waals surface area contributed by atoms with E-state index in [1.165, 1.54) is 32.1 Å². The Hall–Kier alpha value is -1.39. The van der Waals surface area contributed by atoms with E-state index in [-0.39, 0.29) is 0 Å². The van der Waals surface area contributed by atoms with Gasteiger partial charge in [-0.05, 0) is 92.6 Å². The van der Waals surface area contributed by atoms with Crippen molar-refractivity contribution in [2.75, 3.05) is 54.4 Å². The van der Waals surface area contributed by atoms with Gasteiger partial charge in [-0.15, -0.1) is 0 Å². The molecule has 0 rings (SSSR count). The van der Waals surface area contributed by atoms with Crippen LogP contribution in [-0.4, -0.2) is 75.0 Å². The van der Waals surface area contributed by atoms with Crippen molar-refractivity contribution >= 4 is 5.91 Å². The Labute approximate surface area is 200 Å². The number of rotatable bonds is 21. The first-order valence-electron chi connectivity index (χ1n) is 13.0. The third-order valence-corrected chi connectivity index (χ3v) is 5.46. The number of hydrogen-bond donors (Lipinski definition) is 0. The van der Waals surface area contributed by atoms with Crippen LogP contribution in [0.5, 0.6) is 0 Å². The third kappa shape index (κ3) is 21.8. The molecule has 4 nitrogen and oxygen atoms in total. The molecule has 32 heavy (non-hydrogen) atoms. The van der Waals surface area contributed by atoms with Gasteiger partial charge in [-0.1, -0.05) is 62.6 Å². The van der Waals surface area contributed by atoms with Crippen LogP contribution in [0.3, 0.4) is 0 Å². The highest BCUT2D eigenvalue weighted by Gasteiger charge is 2.12. The van der Waals surface area contributed by atoms with E-state index in [0.717, 1.165) is 64.7 Å². The smallest absolute Gasteiger partial charge is 0.222 e. The Morgan fingerprint density at radius 2 is 1.09 bits per heavy atom. The lowest BCUT2D eigenvalue weighted by Crippen LogP contribution is -2.35. The number of nitrogens with zero attached hydrogens (tertiary/aromatic N) is 3. The van der Waals surface area contributed by atoms with Gasteiger partial charge in [-0.2, -0.15) is 0 Å². The minimum atomic E-state index is 0.351. The lowest BCUT2D eigenvalue weighted by molar-refractivity contribution is -0.131. The molecule has 0 spiro atoms. The van der Waals surface area contributed by atoms with Crippen molar-refractivity contribution in [2.45, 2.75) is 84.0 Å². The number of unbranched alkanes of at least 4 members (excludes halogenated alkanes) is 5. The first kappa shape index (κ1) is 30.6. The van der Waals surface area contributed by atoms with Gasteiger partial charge in [0, 0.05) is 19.5 Å². The molecule has 0 bridgehead atoms. The lowest BCUT2D eigenvalue weighted by atomic mass is 10.1. The Bertz CT molecular complexity index is 495. The molecule has 0 aliphatic carbocycles. The SMILES string of the molecule is CC/C=C\C/C=C\C/C=C\CCCCCCCC(=O)N(CCCN(C)C)CCCN(C)C. The first-order chi connectivity index (χ1) is 15.5. The Kier molecular flexibility index (Phi) is 21.8. The van der Waals surface area contributed by atoms with Crippen LogP contribution in [0.2, 0.25) is 0 Å². The monoisotopic (exact) mass is 447 g/mol. The number of carbonyl (C=O) groups excluding carboxylic acids is 1. The van der Waals surface area contributed by atoms with Crippen LogP contribution in [0.4, 0.5) is 0 Å². The maximum absolute atomic E-state index is 12.7. The van der Waals surface area contributed by atoms with Crippen molar-refractivity contribution in [3.63, 3.8) is 0 Å². The van der Waals surface area contributed by atoms with Crippen molar-refractivity contribution in [1.29, 1.82) is 0 Å². The van der Waals surface area contributed by atoms with Crippen LogP contribution in [0.15, 0.2) is 36.5 Å². The summed E-state index contributed by atoms with van der Waals surface area (Å²) in [6.45, 7) is 6.03. The van der Waals surface area contributed by atoms with E-state index in [9.17, 15) is 4.79 Å². The average Bonchev–Trinajstić information content (AvgIpc) is 2.74. The molecular formula is C28H53N3O. The molecule has 0 heterocycles. The van der Waals surface area contributed by atoms with Crippen molar-refractivity contribution < 1.29 is 4.79 Å². The summed E-state index contributed by atoms with van der Waals surface area (Å²) >= 11 is 0. The van der Waals surface area contributed by atoms with E-state index < -0.39 is 0 Å². The second-order valence-electron chi connectivity index (χ2n) is 9.29. The fourth-order valence-corrected chi connectivity index (χ4v) is 3.57. The van der Waals surface area contributed by atoms with Crippen molar-refractivity contribution in [2.24, 2.45) is 0 Å². The van der Waals surface area contributed by atoms with E-state index >= 15 is 0 Å². The first-order valence-corrected chi connectivity index (χ1v) is 13.0. The van der Waals surface area contributed by atoms with Gasteiger partial charge in [-0.3, -0.25) is 4.79 Å². The van der Waals surface area contributed by atoms with Gasteiger partial charge in [-0.25, -0.2) is 0 Å². The van der Waals surface area contributed by atoms with Gasteiger partial charge in [0.25, 0.3) is 0 Å². The van der Waals surface area contributed by atoms with Gasteiger partial charge in [0.15, 0.2) is 0 Å². The van der Waals surface area contributed by atoms with Gasteiger partial charge >= 0.3 is 0 Å². The molecule has 0 aliphatic rings. The predicted molar refractivity (Wildman–Crippen MR) is 142 cm³/mol. The largest absolute Gasteiger partial charge is 0.343 e. The van der Waals surface area contributed by atoms with E-state index in [0.29, 0.717) is 12.3 Å². The fourth-order valence-electron chi connectivity index (χ4n) is 3.57. The zero-order valence-electron chi connectivity index (χ0n) is 22.0. The summed E-state index contributed by atoms with van der Waals surface area (Å²) < 4.78 is 0. The zero-order valence-corrected chi connectivity index (χ0v) is 22.0. The minimum absolute atomic E-state index is 0.351. The van der Waals surface area contributed by atoms with Crippen molar-refractivity contribution in [3.8, 4) is 0 Å². The molecule has 0 atom stereocenters. The third-order valence-electron chi connectivity index (χ3n) is 5.46. The number of amides is 1. The fraction of sp³-hybridized carbons (Fsp3) is 0.750. The summed E-state index contributed by atoms with van der Waals surface area (Å²) in [5.41, 5.74) is 0. The Morgan fingerprint density at radius 3 is 1.66 bits per heavy atom. The normalized spacial score (nSPS) is 12.3. The molecule has 0 saturated carbocycles. The molecule has 0 aliphatic heterocycles.